The van der Waals surface area contributed by atoms with Crippen LogP contribution >= 0.6 is 0 Å². The van der Waals surface area contributed by atoms with Gasteiger partial charge in [0.05, 0.1) is 0 Å². The molecule has 0 unspecified atom stereocenters. The van der Waals surface area contributed by atoms with E-state index in [4.69, 9.17) is 9.47 Å². The molecule has 1 saturated heterocycles. The van der Waals surface area contributed by atoms with Crippen LogP contribution in [0.15, 0.2) is 48.5 Å². The highest BCUT2D eigenvalue weighted by Crippen LogP contribution is 2.32. The fraction of sp³-hybridized carbons (Fsp3) is 0.350. The van der Waals surface area contributed by atoms with Crippen molar-refractivity contribution in [2.45, 2.75) is 18.8 Å². The van der Waals surface area contributed by atoms with E-state index in [2.05, 4.69) is 24.3 Å². The minimum atomic E-state index is 0.0765. The number of amides is 1. The fourth-order valence-corrected chi connectivity index (χ4v) is 3.52. The summed E-state index contributed by atoms with van der Waals surface area (Å²) in [6.07, 6.45) is 2.17. The molecule has 0 saturated carbocycles. The van der Waals surface area contributed by atoms with Crippen molar-refractivity contribution in [1.29, 1.82) is 0 Å². The molecule has 2 aromatic carbocycles. The van der Waals surface area contributed by atoms with Gasteiger partial charge in [0.25, 0.3) is 5.91 Å². The maximum atomic E-state index is 12.9. The zero-order valence-corrected chi connectivity index (χ0v) is 13.6. The minimum Gasteiger partial charge on any atom is -0.486 e. The Balaban J connectivity index is 1.51. The fourth-order valence-electron chi connectivity index (χ4n) is 3.52. The summed E-state index contributed by atoms with van der Waals surface area (Å²) >= 11 is 0. The molecule has 4 nitrogen and oxygen atoms in total. The number of fused-ring (bicyclic) bond motifs is 1. The number of ether oxygens (including phenoxy) is 2. The van der Waals surface area contributed by atoms with E-state index < -0.39 is 0 Å². The number of carbonyl (C=O) groups is 1. The quantitative estimate of drug-likeness (QED) is 0.849. The number of piperidine rings is 1. The van der Waals surface area contributed by atoms with Crippen LogP contribution in [0.3, 0.4) is 0 Å². The van der Waals surface area contributed by atoms with E-state index in [0.717, 1.165) is 31.7 Å². The Bertz CT molecular complexity index is 729. The molecule has 124 valence electrons. The maximum Gasteiger partial charge on any atom is 0.254 e. The van der Waals surface area contributed by atoms with E-state index in [1.807, 2.05) is 29.2 Å². The third-order valence-corrected chi connectivity index (χ3v) is 4.77. The van der Waals surface area contributed by atoms with Crippen LogP contribution in [0.1, 0.15) is 34.7 Å². The third-order valence-electron chi connectivity index (χ3n) is 4.77. The summed E-state index contributed by atoms with van der Waals surface area (Å²) in [4.78, 5) is 14.9. The molecule has 24 heavy (non-hydrogen) atoms. The predicted octanol–water partition coefficient (Wildman–Crippen LogP) is 3.48. The Hall–Kier alpha value is -2.49. The van der Waals surface area contributed by atoms with Crippen LogP contribution in [0, 0.1) is 0 Å². The van der Waals surface area contributed by atoms with Crippen molar-refractivity contribution in [3.05, 3.63) is 59.7 Å². The van der Waals surface area contributed by atoms with Gasteiger partial charge in [-0.15, -0.1) is 0 Å². The van der Waals surface area contributed by atoms with Gasteiger partial charge in [-0.05, 0) is 36.6 Å². The largest absolute Gasteiger partial charge is 0.486 e. The van der Waals surface area contributed by atoms with Crippen LogP contribution in [0.2, 0.25) is 0 Å². The van der Waals surface area contributed by atoms with E-state index in [9.17, 15) is 4.79 Å². The summed E-state index contributed by atoms with van der Waals surface area (Å²) in [5, 5.41) is 0. The topological polar surface area (TPSA) is 38.8 Å². The van der Waals surface area contributed by atoms with Crippen molar-refractivity contribution in [2.75, 3.05) is 26.3 Å². The second-order valence-corrected chi connectivity index (χ2v) is 6.36. The Kier molecular flexibility index (Phi) is 4.11. The van der Waals surface area contributed by atoms with Gasteiger partial charge >= 0.3 is 0 Å². The lowest BCUT2D eigenvalue weighted by molar-refractivity contribution is 0.0706. The van der Waals surface area contributed by atoms with Crippen LogP contribution < -0.4 is 9.47 Å². The SMILES string of the molecule is O=C(c1ccc2c(c1)OCCO2)N1CCC[C@H](c2ccccc2)C1. The molecule has 1 fully saturated rings. The van der Waals surface area contributed by atoms with Crippen molar-refractivity contribution in [2.24, 2.45) is 0 Å². The average molecular weight is 323 g/mol. The number of carbonyl (C=O) groups excluding carboxylic acids is 1. The van der Waals surface area contributed by atoms with Crippen molar-refractivity contribution in [3.63, 3.8) is 0 Å². The highest BCUT2D eigenvalue weighted by molar-refractivity contribution is 5.95. The highest BCUT2D eigenvalue weighted by atomic mass is 16.6. The van der Waals surface area contributed by atoms with Crippen LogP contribution in [0.4, 0.5) is 0 Å². The lowest BCUT2D eigenvalue weighted by Crippen LogP contribution is -2.39. The Morgan fingerprint density at radius 2 is 1.79 bits per heavy atom. The third kappa shape index (κ3) is 2.96. The summed E-state index contributed by atoms with van der Waals surface area (Å²) in [5.74, 6) is 1.89. The van der Waals surface area contributed by atoms with E-state index in [0.29, 0.717) is 30.4 Å². The number of nitrogens with zero attached hydrogens (tertiary/aromatic N) is 1. The number of rotatable bonds is 2. The molecule has 0 spiro atoms. The second kappa shape index (κ2) is 6.56. The zero-order chi connectivity index (χ0) is 16.4. The summed E-state index contributed by atoms with van der Waals surface area (Å²) < 4.78 is 11.1. The molecule has 2 aromatic rings. The monoisotopic (exact) mass is 323 g/mol. The van der Waals surface area contributed by atoms with Gasteiger partial charge in [0.1, 0.15) is 13.2 Å². The first-order valence-corrected chi connectivity index (χ1v) is 8.55. The van der Waals surface area contributed by atoms with Crippen molar-refractivity contribution >= 4 is 5.91 Å². The molecule has 4 heteroatoms. The first-order valence-electron chi connectivity index (χ1n) is 8.55. The van der Waals surface area contributed by atoms with E-state index in [1.54, 1.807) is 0 Å². The highest BCUT2D eigenvalue weighted by Gasteiger charge is 2.26. The molecule has 2 heterocycles. The van der Waals surface area contributed by atoms with Gasteiger partial charge in [0.2, 0.25) is 0 Å². The number of hydrogen-bond donors (Lipinski definition) is 0. The number of hydrogen-bond acceptors (Lipinski definition) is 3. The molecule has 0 N–H and O–H groups in total. The van der Waals surface area contributed by atoms with E-state index >= 15 is 0 Å². The van der Waals surface area contributed by atoms with Crippen LogP contribution in [-0.2, 0) is 0 Å². The lowest BCUT2D eigenvalue weighted by Gasteiger charge is -2.33. The average Bonchev–Trinajstić information content (AvgIpc) is 2.68. The smallest absolute Gasteiger partial charge is 0.254 e. The Morgan fingerprint density at radius 1 is 1.00 bits per heavy atom. The number of benzene rings is 2. The van der Waals surface area contributed by atoms with Gasteiger partial charge in [-0.3, -0.25) is 4.79 Å². The zero-order valence-electron chi connectivity index (χ0n) is 13.6. The molecular formula is C20H21NO3. The van der Waals surface area contributed by atoms with Crippen LogP contribution in [0.25, 0.3) is 0 Å². The van der Waals surface area contributed by atoms with E-state index in [1.165, 1.54) is 5.56 Å². The molecule has 4 rings (SSSR count). The number of likely N-dealkylation sites (tertiary alicyclic amines) is 1. The normalized spacial score (nSPS) is 19.8. The Morgan fingerprint density at radius 3 is 2.62 bits per heavy atom. The first kappa shape index (κ1) is 15.1. The summed E-state index contributed by atoms with van der Waals surface area (Å²) in [6.45, 7) is 2.68. The van der Waals surface area contributed by atoms with Crippen LogP contribution in [0.5, 0.6) is 11.5 Å². The van der Waals surface area contributed by atoms with Gasteiger partial charge < -0.3 is 14.4 Å². The molecule has 1 amide bonds. The maximum absolute atomic E-state index is 12.9. The second-order valence-electron chi connectivity index (χ2n) is 6.36. The van der Waals surface area contributed by atoms with Crippen molar-refractivity contribution < 1.29 is 14.3 Å². The first-order chi connectivity index (χ1) is 11.8. The van der Waals surface area contributed by atoms with Crippen molar-refractivity contribution in [1.82, 2.24) is 4.90 Å². The van der Waals surface area contributed by atoms with Gasteiger partial charge in [-0.2, -0.15) is 0 Å². The molecule has 0 aromatic heterocycles. The Labute approximate surface area is 142 Å². The minimum absolute atomic E-state index is 0.0765. The summed E-state index contributed by atoms with van der Waals surface area (Å²) in [6, 6.07) is 16.0. The lowest BCUT2D eigenvalue weighted by atomic mass is 9.90. The summed E-state index contributed by atoms with van der Waals surface area (Å²) in [5.41, 5.74) is 1.99. The molecule has 1 atom stereocenters. The van der Waals surface area contributed by atoms with Crippen LogP contribution in [-0.4, -0.2) is 37.1 Å². The van der Waals surface area contributed by atoms with Gasteiger partial charge in [0, 0.05) is 24.6 Å². The molecule has 0 radical (unpaired) electrons. The predicted molar refractivity (Wildman–Crippen MR) is 91.8 cm³/mol. The molecule has 0 bridgehead atoms. The van der Waals surface area contributed by atoms with Crippen molar-refractivity contribution in [3.8, 4) is 11.5 Å². The molecule has 0 aliphatic carbocycles. The van der Waals surface area contributed by atoms with E-state index in [-0.39, 0.29) is 5.91 Å². The molecule has 2 aliphatic rings. The standard InChI is InChI=1S/C20H21NO3/c22-20(16-8-9-18-19(13-16)24-12-11-23-18)21-10-4-7-17(14-21)15-5-2-1-3-6-15/h1-3,5-6,8-9,13,17H,4,7,10-12,14H2/t17-/m0/s1. The molecule has 2 aliphatic heterocycles. The summed E-state index contributed by atoms with van der Waals surface area (Å²) in [7, 11) is 0. The molecular weight excluding hydrogens is 302 g/mol. The van der Waals surface area contributed by atoms with Gasteiger partial charge in [0.15, 0.2) is 11.5 Å². The van der Waals surface area contributed by atoms with Gasteiger partial charge in [-0.25, -0.2) is 0 Å². The van der Waals surface area contributed by atoms with Gasteiger partial charge in [-0.1, -0.05) is 30.3 Å².